The van der Waals surface area contributed by atoms with Crippen molar-refractivity contribution >= 4 is 0 Å². The highest BCUT2D eigenvalue weighted by molar-refractivity contribution is 4.89. The summed E-state index contributed by atoms with van der Waals surface area (Å²) in [6, 6.07) is 0.436. The SMILES string of the molecule is CCC1CCCC(N2CCNCC2)C1O. The Balaban J connectivity index is 1.94. The van der Waals surface area contributed by atoms with E-state index in [2.05, 4.69) is 17.1 Å². The molecule has 3 heteroatoms. The van der Waals surface area contributed by atoms with E-state index in [9.17, 15) is 5.11 Å². The van der Waals surface area contributed by atoms with E-state index in [1.807, 2.05) is 0 Å². The van der Waals surface area contributed by atoms with Crippen LogP contribution in [0.3, 0.4) is 0 Å². The minimum absolute atomic E-state index is 0.0816. The molecule has 2 aliphatic rings. The maximum atomic E-state index is 10.3. The van der Waals surface area contributed by atoms with Crippen LogP contribution < -0.4 is 5.32 Å². The van der Waals surface area contributed by atoms with Crippen LogP contribution in [-0.2, 0) is 0 Å². The molecule has 1 heterocycles. The normalized spacial score (nSPS) is 39.2. The van der Waals surface area contributed by atoms with Gasteiger partial charge in [0.15, 0.2) is 0 Å². The third kappa shape index (κ3) is 2.52. The van der Waals surface area contributed by atoms with Crippen molar-refractivity contribution in [3.63, 3.8) is 0 Å². The molecule has 0 radical (unpaired) electrons. The second-order valence-electron chi connectivity index (χ2n) is 4.94. The second-order valence-corrected chi connectivity index (χ2v) is 4.94. The third-order valence-electron chi connectivity index (χ3n) is 4.10. The Labute approximate surface area is 92.8 Å². The lowest BCUT2D eigenvalue weighted by molar-refractivity contribution is -0.0231. The van der Waals surface area contributed by atoms with Crippen molar-refractivity contribution in [3.8, 4) is 0 Å². The zero-order valence-corrected chi connectivity index (χ0v) is 9.78. The van der Waals surface area contributed by atoms with Gasteiger partial charge in [-0.05, 0) is 18.8 Å². The van der Waals surface area contributed by atoms with Gasteiger partial charge in [-0.2, -0.15) is 0 Å². The van der Waals surface area contributed by atoms with Crippen molar-refractivity contribution in [1.29, 1.82) is 0 Å². The average Bonchev–Trinajstić information content (AvgIpc) is 2.30. The van der Waals surface area contributed by atoms with Crippen LogP contribution >= 0.6 is 0 Å². The van der Waals surface area contributed by atoms with Gasteiger partial charge in [0.25, 0.3) is 0 Å². The topological polar surface area (TPSA) is 35.5 Å². The molecule has 1 aliphatic heterocycles. The molecule has 2 fully saturated rings. The fraction of sp³-hybridized carbons (Fsp3) is 1.00. The maximum Gasteiger partial charge on any atom is 0.0723 e. The van der Waals surface area contributed by atoms with Crippen molar-refractivity contribution < 1.29 is 5.11 Å². The van der Waals surface area contributed by atoms with E-state index in [1.54, 1.807) is 0 Å². The molecule has 0 aromatic heterocycles. The molecule has 2 N–H and O–H groups in total. The number of nitrogens with zero attached hydrogens (tertiary/aromatic N) is 1. The van der Waals surface area contributed by atoms with E-state index in [1.165, 1.54) is 19.3 Å². The van der Waals surface area contributed by atoms with E-state index in [4.69, 9.17) is 0 Å². The number of nitrogens with one attached hydrogen (secondary N) is 1. The zero-order valence-electron chi connectivity index (χ0n) is 9.78. The van der Waals surface area contributed by atoms with Crippen LogP contribution in [0.1, 0.15) is 32.6 Å². The van der Waals surface area contributed by atoms with Crippen LogP contribution in [0, 0.1) is 5.92 Å². The van der Waals surface area contributed by atoms with Gasteiger partial charge in [-0.1, -0.05) is 19.8 Å². The third-order valence-corrected chi connectivity index (χ3v) is 4.10. The first kappa shape index (κ1) is 11.4. The van der Waals surface area contributed by atoms with Gasteiger partial charge < -0.3 is 10.4 Å². The molecule has 1 saturated carbocycles. The van der Waals surface area contributed by atoms with Crippen LogP contribution in [-0.4, -0.2) is 48.3 Å². The predicted octanol–water partition coefficient (Wildman–Crippen LogP) is 0.831. The summed E-state index contributed by atoms with van der Waals surface area (Å²) in [5, 5.41) is 13.7. The van der Waals surface area contributed by atoms with Gasteiger partial charge in [0, 0.05) is 32.2 Å². The first-order chi connectivity index (χ1) is 7.33. The van der Waals surface area contributed by atoms with E-state index in [0.717, 1.165) is 32.6 Å². The lowest BCUT2D eigenvalue weighted by atomic mass is 9.80. The van der Waals surface area contributed by atoms with Crippen molar-refractivity contribution in [2.24, 2.45) is 5.92 Å². The molecule has 3 atom stereocenters. The van der Waals surface area contributed by atoms with Gasteiger partial charge in [0.1, 0.15) is 0 Å². The Morgan fingerprint density at radius 3 is 2.67 bits per heavy atom. The Morgan fingerprint density at radius 1 is 1.27 bits per heavy atom. The largest absolute Gasteiger partial charge is 0.391 e. The molecule has 0 spiro atoms. The minimum Gasteiger partial charge on any atom is -0.391 e. The molecule has 0 aromatic rings. The number of piperazine rings is 1. The van der Waals surface area contributed by atoms with Crippen molar-refractivity contribution in [3.05, 3.63) is 0 Å². The lowest BCUT2D eigenvalue weighted by Crippen LogP contribution is -2.55. The van der Waals surface area contributed by atoms with Crippen molar-refractivity contribution in [2.75, 3.05) is 26.2 Å². The molecule has 1 saturated heterocycles. The number of rotatable bonds is 2. The summed E-state index contributed by atoms with van der Waals surface area (Å²) >= 11 is 0. The number of hydrogen-bond donors (Lipinski definition) is 2. The molecule has 0 amide bonds. The highest BCUT2D eigenvalue weighted by atomic mass is 16.3. The first-order valence-electron chi connectivity index (χ1n) is 6.45. The molecule has 15 heavy (non-hydrogen) atoms. The van der Waals surface area contributed by atoms with E-state index < -0.39 is 0 Å². The molecular formula is C12H24N2O. The van der Waals surface area contributed by atoms with Crippen LogP contribution in [0.15, 0.2) is 0 Å². The molecule has 0 aromatic carbocycles. The fourth-order valence-corrected chi connectivity index (χ4v) is 3.10. The Bertz CT molecular complexity index is 190. The summed E-state index contributed by atoms with van der Waals surface area (Å²) in [5.74, 6) is 0.540. The zero-order chi connectivity index (χ0) is 10.7. The number of aliphatic hydroxyl groups is 1. The van der Waals surface area contributed by atoms with E-state index in [-0.39, 0.29) is 6.10 Å². The van der Waals surface area contributed by atoms with Crippen LogP contribution in [0.4, 0.5) is 0 Å². The van der Waals surface area contributed by atoms with Crippen LogP contribution in [0.5, 0.6) is 0 Å². The standard InChI is InChI=1S/C12H24N2O/c1-2-10-4-3-5-11(12(10)15)14-8-6-13-7-9-14/h10-13,15H,2-9H2,1H3. The van der Waals surface area contributed by atoms with Crippen LogP contribution in [0.2, 0.25) is 0 Å². The van der Waals surface area contributed by atoms with Crippen molar-refractivity contribution in [2.45, 2.75) is 44.8 Å². The van der Waals surface area contributed by atoms with Gasteiger partial charge in [0.2, 0.25) is 0 Å². The summed E-state index contributed by atoms with van der Waals surface area (Å²) in [4.78, 5) is 2.49. The molecule has 0 bridgehead atoms. The fourth-order valence-electron chi connectivity index (χ4n) is 3.10. The Kier molecular flexibility index (Phi) is 4.00. The first-order valence-corrected chi connectivity index (χ1v) is 6.45. The maximum absolute atomic E-state index is 10.3. The van der Waals surface area contributed by atoms with Gasteiger partial charge in [-0.3, -0.25) is 4.90 Å². The van der Waals surface area contributed by atoms with Gasteiger partial charge >= 0.3 is 0 Å². The Morgan fingerprint density at radius 2 is 2.00 bits per heavy atom. The molecule has 2 rings (SSSR count). The summed E-state index contributed by atoms with van der Waals surface area (Å²) in [6.45, 7) is 6.59. The predicted molar refractivity (Wildman–Crippen MR) is 61.9 cm³/mol. The molecule has 3 nitrogen and oxygen atoms in total. The monoisotopic (exact) mass is 212 g/mol. The summed E-state index contributed by atoms with van der Waals surface area (Å²) in [5.41, 5.74) is 0. The van der Waals surface area contributed by atoms with E-state index >= 15 is 0 Å². The summed E-state index contributed by atoms with van der Waals surface area (Å²) in [7, 11) is 0. The van der Waals surface area contributed by atoms with Gasteiger partial charge in [0.05, 0.1) is 6.10 Å². The van der Waals surface area contributed by atoms with Gasteiger partial charge in [-0.25, -0.2) is 0 Å². The molecule has 3 unspecified atom stereocenters. The molecular weight excluding hydrogens is 188 g/mol. The number of aliphatic hydroxyl groups excluding tert-OH is 1. The highest BCUT2D eigenvalue weighted by Gasteiger charge is 2.34. The molecule has 88 valence electrons. The molecule has 1 aliphatic carbocycles. The highest BCUT2D eigenvalue weighted by Crippen LogP contribution is 2.30. The van der Waals surface area contributed by atoms with E-state index in [0.29, 0.717) is 12.0 Å². The number of hydrogen-bond acceptors (Lipinski definition) is 3. The minimum atomic E-state index is -0.0816. The average molecular weight is 212 g/mol. The van der Waals surface area contributed by atoms with Crippen molar-refractivity contribution in [1.82, 2.24) is 10.2 Å². The van der Waals surface area contributed by atoms with Gasteiger partial charge in [-0.15, -0.1) is 0 Å². The quantitative estimate of drug-likeness (QED) is 0.712. The van der Waals surface area contributed by atoms with Crippen LogP contribution in [0.25, 0.3) is 0 Å². The summed E-state index contributed by atoms with van der Waals surface area (Å²) < 4.78 is 0. The smallest absolute Gasteiger partial charge is 0.0723 e. The lowest BCUT2D eigenvalue weighted by Gasteiger charge is -2.43. The Hall–Kier alpha value is -0.120. The summed E-state index contributed by atoms with van der Waals surface area (Å²) in [6.07, 6.45) is 4.76. The second kappa shape index (κ2) is 5.28.